The highest BCUT2D eigenvalue weighted by atomic mass is 35.5. The van der Waals surface area contributed by atoms with Gasteiger partial charge in [0.25, 0.3) is 0 Å². The molecule has 0 amide bonds. The molecule has 0 aromatic heterocycles. The zero-order chi connectivity index (χ0) is 11.6. The van der Waals surface area contributed by atoms with Crippen LogP contribution in [0.3, 0.4) is 0 Å². The van der Waals surface area contributed by atoms with Gasteiger partial charge in [-0.3, -0.25) is 0 Å². The number of rotatable bonds is 2. The van der Waals surface area contributed by atoms with Crippen molar-refractivity contribution in [1.29, 1.82) is 0 Å². The summed E-state index contributed by atoms with van der Waals surface area (Å²) >= 11 is 5.99. The first-order chi connectivity index (χ1) is 7.68. The molecule has 0 spiro atoms. The number of piperidine rings is 1. The number of benzene rings is 1. The highest BCUT2D eigenvalue weighted by Crippen LogP contribution is 2.36. The first kappa shape index (κ1) is 11.6. The van der Waals surface area contributed by atoms with Crippen molar-refractivity contribution in [2.24, 2.45) is 5.18 Å². The fourth-order valence-electron chi connectivity index (χ4n) is 2.21. The van der Waals surface area contributed by atoms with E-state index in [1.807, 2.05) is 25.1 Å². The summed E-state index contributed by atoms with van der Waals surface area (Å²) in [7, 11) is 0. The van der Waals surface area contributed by atoms with Crippen LogP contribution < -0.4 is 5.32 Å². The molecule has 86 valence electrons. The van der Waals surface area contributed by atoms with Gasteiger partial charge in [-0.1, -0.05) is 28.9 Å². The second-order valence-corrected chi connectivity index (χ2v) is 4.74. The van der Waals surface area contributed by atoms with E-state index in [1.54, 1.807) is 0 Å². The molecule has 1 aromatic carbocycles. The van der Waals surface area contributed by atoms with Crippen molar-refractivity contribution in [2.75, 3.05) is 13.1 Å². The van der Waals surface area contributed by atoms with Gasteiger partial charge in [0.05, 0.1) is 0 Å². The largest absolute Gasteiger partial charge is 0.317 e. The Morgan fingerprint density at radius 2 is 2.06 bits per heavy atom. The Labute approximate surface area is 100 Å². The molecule has 0 saturated carbocycles. The van der Waals surface area contributed by atoms with Gasteiger partial charge in [-0.2, -0.15) is 0 Å². The van der Waals surface area contributed by atoms with Crippen LogP contribution in [0.2, 0.25) is 5.02 Å². The highest BCUT2D eigenvalue weighted by molar-refractivity contribution is 6.31. The lowest BCUT2D eigenvalue weighted by atomic mass is 9.82. The average molecular weight is 239 g/mol. The van der Waals surface area contributed by atoms with Crippen LogP contribution in [0, 0.1) is 11.8 Å². The van der Waals surface area contributed by atoms with Crippen molar-refractivity contribution in [2.45, 2.75) is 25.3 Å². The minimum Gasteiger partial charge on any atom is -0.317 e. The number of nitrogens with zero attached hydrogens (tertiary/aromatic N) is 1. The molecular weight excluding hydrogens is 224 g/mol. The van der Waals surface area contributed by atoms with E-state index >= 15 is 0 Å². The quantitative estimate of drug-likeness (QED) is 0.805. The summed E-state index contributed by atoms with van der Waals surface area (Å²) in [6.07, 6.45) is 1.52. The van der Waals surface area contributed by atoms with Gasteiger partial charge in [0, 0.05) is 5.02 Å². The van der Waals surface area contributed by atoms with Gasteiger partial charge in [0.15, 0.2) is 0 Å². The van der Waals surface area contributed by atoms with Crippen molar-refractivity contribution in [3.63, 3.8) is 0 Å². The first-order valence-corrected chi connectivity index (χ1v) is 5.88. The lowest BCUT2D eigenvalue weighted by molar-refractivity contribution is 0.317. The van der Waals surface area contributed by atoms with Crippen LogP contribution in [0.15, 0.2) is 23.4 Å². The number of aryl methyl sites for hydroxylation is 1. The molecule has 1 saturated heterocycles. The van der Waals surface area contributed by atoms with Crippen LogP contribution in [0.1, 0.15) is 24.0 Å². The molecule has 0 aliphatic carbocycles. The Balaban J connectivity index is 2.39. The standard InChI is InChI=1S/C12H15ClN2O/c1-9-8-10(2-3-11(9)13)12(15-16)4-6-14-7-5-12/h2-3,8,14H,4-7H2,1H3. The monoisotopic (exact) mass is 238 g/mol. The van der Waals surface area contributed by atoms with Crippen LogP contribution in [0.25, 0.3) is 0 Å². The first-order valence-electron chi connectivity index (χ1n) is 5.50. The van der Waals surface area contributed by atoms with Crippen LogP contribution in [-0.4, -0.2) is 13.1 Å². The molecule has 1 aliphatic heterocycles. The van der Waals surface area contributed by atoms with E-state index in [-0.39, 0.29) is 0 Å². The number of nitroso groups, excluding NO2 is 1. The molecule has 1 heterocycles. The minimum absolute atomic E-state index is 0.555. The Morgan fingerprint density at radius 1 is 1.38 bits per heavy atom. The summed E-state index contributed by atoms with van der Waals surface area (Å²) in [6.45, 7) is 3.63. The number of nitrogens with one attached hydrogen (secondary N) is 1. The smallest absolute Gasteiger partial charge is 0.130 e. The van der Waals surface area contributed by atoms with E-state index in [0.717, 1.165) is 42.1 Å². The van der Waals surface area contributed by atoms with E-state index in [9.17, 15) is 4.91 Å². The second-order valence-electron chi connectivity index (χ2n) is 4.34. The molecule has 0 bridgehead atoms. The van der Waals surface area contributed by atoms with Gasteiger partial charge >= 0.3 is 0 Å². The molecule has 0 radical (unpaired) electrons. The topological polar surface area (TPSA) is 41.5 Å². The van der Waals surface area contributed by atoms with Gasteiger partial charge in [-0.05, 0) is 50.0 Å². The van der Waals surface area contributed by atoms with Crippen LogP contribution >= 0.6 is 11.6 Å². The van der Waals surface area contributed by atoms with Crippen molar-refractivity contribution < 1.29 is 0 Å². The highest BCUT2D eigenvalue weighted by Gasteiger charge is 2.35. The summed E-state index contributed by atoms with van der Waals surface area (Å²) in [5.41, 5.74) is 1.44. The summed E-state index contributed by atoms with van der Waals surface area (Å²) in [5, 5.41) is 7.37. The van der Waals surface area contributed by atoms with Gasteiger partial charge in [0.2, 0.25) is 0 Å². The lowest BCUT2D eigenvalue weighted by Crippen LogP contribution is -2.38. The Kier molecular flexibility index (Phi) is 3.26. The Morgan fingerprint density at radius 3 is 2.62 bits per heavy atom. The maximum absolute atomic E-state index is 11.2. The zero-order valence-electron chi connectivity index (χ0n) is 9.29. The molecule has 2 rings (SSSR count). The van der Waals surface area contributed by atoms with E-state index in [4.69, 9.17) is 11.6 Å². The third-order valence-corrected chi connectivity index (χ3v) is 3.72. The van der Waals surface area contributed by atoms with Gasteiger partial charge in [-0.25, -0.2) is 0 Å². The third-order valence-electron chi connectivity index (χ3n) is 3.30. The minimum atomic E-state index is -0.555. The van der Waals surface area contributed by atoms with Crippen molar-refractivity contribution in [3.05, 3.63) is 39.3 Å². The maximum Gasteiger partial charge on any atom is 0.130 e. The molecule has 0 atom stereocenters. The van der Waals surface area contributed by atoms with E-state index < -0.39 is 5.54 Å². The molecular formula is C12H15ClN2O. The fourth-order valence-corrected chi connectivity index (χ4v) is 2.32. The second kappa shape index (κ2) is 4.52. The predicted octanol–water partition coefficient (Wildman–Crippen LogP) is 2.99. The van der Waals surface area contributed by atoms with Gasteiger partial charge < -0.3 is 5.32 Å². The molecule has 1 aromatic rings. The fraction of sp³-hybridized carbons (Fsp3) is 0.500. The third kappa shape index (κ3) is 1.97. The van der Waals surface area contributed by atoms with Gasteiger partial charge in [-0.15, -0.1) is 4.91 Å². The Hall–Kier alpha value is -0.930. The number of hydrogen-bond donors (Lipinski definition) is 1. The molecule has 16 heavy (non-hydrogen) atoms. The molecule has 3 nitrogen and oxygen atoms in total. The van der Waals surface area contributed by atoms with E-state index in [0.29, 0.717) is 0 Å². The van der Waals surface area contributed by atoms with Crippen molar-refractivity contribution in [3.8, 4) is 0 Å². The normalized spacial score (nSPS) is 19.4. The molecule has 0 unspecified atom stereocenters. The zero-order valence-corrected chi connectivity index (χ0v) is 10.0. The number of hydrogen-bond acceptors (Lipinski definition) is 3. The van der Waals surface area contributed by atoms with E-state index in [2.05, 4.69) is 10.5 Å². The number of halogens is 1. The van der Waals surface area contributed by atoms with Crippen molar-refractivity contribution in [1.82, 2.24) is 5.32 Å². The SMILES string of the molecule is Cc1cc(C2(N=O)CCNCC2)ccc1Cl. The Bertz CT molecular complexity index is 400. The molecule has 1 aliphatic rings. The summed E-state index contributed by atoms with van der Waals surface area (Å²) < 4.78 is 0. The van der Waals surface area contributed by atoms with E-state index in [1.165, 1.54) is 0 Å². The van der Waals surface area contributed by atoms with Crippen LogP contribution in [-0.2, 0) is 5.54 Å². The predicted molar refractivity (Wildman–Crippen MR) is 65.8 cm³/mol. The van der Waals surface area contributed by atoms with Gasteiger partial charge in [0.1, 0.15) is 5.54 Å². The lowest BCUT2D eigenvalue weighted by Gasteiger charge is -2.31. The average Bonchev–Trinajstić information content (AvgIpc) is 2.33. The maximum atomic E-state index is 11.2. The summed E-state index contributed by atoms with van der Waals surface area (Å²) in [5.74, 6) is 0. The van der Waals surface area contributed by atoms with Crippen LogP contribution in [0.4, 0.5) is 0 Å². The summed E-state index contributed by atoms with van der Waals surface area (Å²) in [4.78, 5) is 11.2. The molecule has 1 fully saturated rings. The van der Waals surface area contributed by atoms with Crippen LogP contribution in [0.5, 0.6) is 0 Å². The summed E-state index contributed by atoms with van der Waals surface area (Å²) in [6, 6.07) is 5.75. The molecule has 1 N–H and O–H groups in total. The molecule has 4 heteroatoms. The van der Waals surface area contributed by atoms with Crippen molar-refractivity contribution >= 4 is 11.6 Å².